The van der Waals surface area contributed by atoms with E-state index >= 15 is 0 Å². The van der Waals surface area contributed by atoms with Crippen LogP contribution >= 0.6 is 0 Å². The quantitative estimate of drug-likeness (QED) is 0.324. The average molecular weight is 413 g/mol. The van der Waals surface area contributed by atoms with Crippen molar-refractivity contribution in [2.24, 2.45) is 5.10 Å². The van der Waals surface area contributed by atoms with Crippen molar-refractivity contribution in [3.05, 3.63) is 95.2 Å². The lowest BCUT2D eigenvalue weighted by Gasteiger charge is -2.09. The molecule has 0 atom stereocenters. The molecule has 0 saturated carbocycles. The normalized spacial score (nSPS) is 11.2. The van der Waals surface area contributed by atoms with Gasteiger partial charge in [-0.25, -0.2) is 4.79 Å². The topological polar surface area (TPSA) is 75.8 Å². The molecular weight excluding hydrogens is 390 g/mol. The number of anilines is 1. The number of hydrogen-bond donors (Lipinski definition) is 2. The summed E-state index contributed by atoms with van der Waals surface area (Å²) in [6.45, 7) is 2.84. The number of carboxylic acids is 1. The molecule has 156 valence electrons. The summed E-state index contributed by atoms with van der Waals surface area (Å²) in [5, 5.41) is 14.5. The lowest BCUT2D eigenvalue weighted by molar-refractivity contribution is 0.0697. The van der Waals surface area contributed by atoms with Gasteiger partial charge in [-0.2, -0.15) is 5.10 Å². The van der Waals surface area contributed by atoms with Gasteiger partial charge in [-0.1, -0.05) is 30.3 Å². The third kappa shape index (κ3) is 4.28. The Labute approximate surface area is 180 Å². The number of nitrogens with one attached hydrogen (secondary N) is 1. The molecule has 0 aliphatic rings. The second kappa shape index (κ2) is 8.75. The van der Waals surface area contributed by atoms with Crippen LogP contribution in [0.1, 0.15) is 27.2 Å². The molecule has 0 aliphatic heterocycles. The third-order valence-electron chi connectivity index (χ3n) is 5.28. The van der Waals surface area contributed by atoms with E-state index in [4.69, 9.17) is 9.84 Å². The van der Waals surface area contributed by atoms with Crippen LogP contribution in [0.15, 0.2) is 77.9 Å². The van der Waals surface area contributed by atoms with Gasteiger partial charge in [0.05, 0.1) is 24.6 Å². The molecule has 0 fully saturated rings. The molecule has 0 radical (unpaired) electrons. The van der Waals surface area contributed by atoms with Crippen LogP contribution in [0.5, 0.6) is 5.75 Å². The fourth-order valence-corrected chi connectivity index (χ4v) is 3.61. The Morgan fingerprint density at radius 3 is 2.52 bits per heavy atom. The van der Waals surface area contributed by atoms with Gasteiger partial charge >= 0.3 is 5.97 Å². The number of hydrazone groups is 1. The molecule has 0 unspecified atom stereocenters. The second-order valence-electron chi connectivity index (χ2n) is 7.21. The zero-order chi connectivity index (χ0) is 21.8. The molecule has 6 nitrogen and oxygen atoms in total. The van der Waals surface area contributed by atoms with E-state index in [9.17, 15) is 4.79 Å². The largest absolute Gasteiger partial charge is 0.497 e. The van der Waals surface area contributed by atoms with Crippen molar-refractivity contribution in [2.75, 3.05) is 12.5 Å². The fourth-order valence-electron chi connectivity index (χ4n) is 3.61. The number of aromatic nitrogens is 1. The van der Waals surface area contributed by atoms with Crippen molar-refractivity contribution in [1.29, 1.82) is 0 Å². The predicted molar refractivity (Wildman–Crippen MR) is 123 cm³/mol. The molecule has 0 bridgehead atoms. The molecule has 1 aromatic heterocycles. The Balaban J connectivity index is 1.68. The van der Waals surface area contributed by atoms with Crippen LogP contribution in [0.2, 0.25) is 0 Å². The minimum atomic E-state index is -0.953. The Morgan fingerprint density at radius 2 is 1.84 bits per heavy atom. The van der Waals surface area contributed by atoms with Crippen LogP contribution in [0.25, 0.3) is 10.9 Å². The highest BCUT2D eigenvalue weighted by Crippen LogP contribution is 2.29. The van der Waals surface area contributed by atoms with E-state index in [1.165, 1.54) is 5.56 Å². The molecule has 6 heteroatoms. The molecule has 3 aromatic carbocycles. The third-order valence-corrected chi connectivity index (χ3v) is 5.28. The van der Waals surface area contributed by atoms with Gasteiger partial charge in [0.25, 0.3) is 0 Å². The maximum absolute atomic E-state index is 11.0. The number of benzene rings is 3. The SMILES string of the molecule is COc1ccc2c(c1)c(/C=N\Nc1ccc(C(=O)O)cc1)c(C)n2Cc1ccccc1. The summed E-state index contributed by atoms with van der Waals surface area (Å²) in [7, 11) is 1.66. The maximum Gasteiger partial charge on any atom is 0.335 e. The fraction of sp³-hybridized carbons (Fsp3) is 0.120. The van der Waals surface area contributed by atoms with Crippen LogP contribution in [0.3, 0.4) is 0 Å². The summed E-state index contributed by atoms with van der Waals surface area (Å²) < 4.78 is 7.70. The van der Waals surface area contributed by atoms with Crippen LogP contribution in [-0.4, -0.2) is 29.0 Å². The average Bonchev–Trinajstić information content (AvgIpc) is 3.05. The highest BCUT2D eigenvalue weighted by atomic mass is 16.5. The van der Waals surface area contributed by atoms with E-state index in [0.29, 0.717) is 5.69 Å². The Kier molecular flexibility index (Phi) is 5.71. The molecule has 4 aromatic rings. The van der Waals surface area contributed by atoms with Gasteiger partial charge in [0.15, 0.2) is 0 Å². The summed E-state index contributed by atoms with van der Waals surface area (Å²) in [4.78, 5) is 11.0. The Bertz CT molecular complexity index is 1240. The molecule has 31 heavy (non-hydrogen) atoms. The van der Waals surface area contributed by atoms with E-state index in [-0.39, 0.29) is 5.56 Å². The Hall–Kier alpha value is -4.06. The molecule has 1 heterocycles. The first kappa shape index (κ1) is 20.2. The van der Waals surface area contributed by atoms with Gasteiger partial charge < -0.3 is 14.4 Å². The molecule has 2 N–H and O–H groups in total. The van der Waals surface area contributed by atoms with E-state index in [0.717, 1.165) is 34.5 Å². The first-order valence-corrected chi connectivity index (χ1v) is 9.90. The monoisotopic (exact) mass is 413 g/mol. The molecule has 0 amide bonds. The summed E-state index contributed by atoms with van der Waals surface area (Å²) in [6, 6.07) is 22.9. The number of methoxy groups -OCH3 is 1. The first-order valence-electron chi connectivity index (χ1n) is 9.90. The highest BCUT2D eigenvalue weighted by molar-refractivity contribution is 6.02. The highest BCUT2D eigenvalue weighted by Gasteiger charge is 2.14. The summed E-state index contributed by atoms with van der Waals surface area (Å²) in [5.74, 6) is -0.165. The second-order valence-corrected chi connectivity index (χ2v) is 7.21. The molecule has 4 rings (SSSR count). The van der Waals surface area contributed by atoms with Gasteiger partial charge in [0.2, 0.25) is 0 Å². The van der Waals surface area contributed by atoms with Crippen LogP contribution in [0.4, 0.5) is 5.69 Å². The zero-order valence-electron chi connectivity index (χ0n) is 17.4. The van der Waals surface area contributed by atoms with Crippen LogP contribution in [0, 0.1) is 6.92 Å². The lowest BCUT2D eigenvalue weighted by Crippen LogP contribution is -2.02. The molecule has 0 saturated heterocycles. The minimum absolute atomic E-state index is 0.237. The number of ether oxygens (including phenoxy) is 1. The minimum Gasteiger partial charge on any atom is -0.497 e. The van der Waals surface area contributed by atoms with Crippen molar-refractivity contribution in [3.63, 3.8) is 0 Å². The summed E-state index contributed by atoms with van der Waals surface area (Å²) in [5.41, 5.74) is 8.35. The maximum atomic E-state index is 11.0. The van der Waals surface area contributed by atoms with Gasteiger partial charge in [-0.05, 0) is 55.0 Å². The number of carbonyl (C=O) groups is 1. The van der Waals surface area contributed by atoms with Gasteiger partial charge in [0.1, 0.15) is 5.75 Å². The number of hydrogen-bond acceptors (Lipinski definition) is 4. The van der Waals surface area contributed by atoms with Gasteiger partial charge in [-0.15, -0.1) is 0 Å². The number of aromatic carboxylic acids is 1. The Morgan fingerprint density at radius 1 is 1.10 bits per heavy atom. The van der Waals surface area contributed by atoms with E-state index in [1.807, 2.05) is 30.3 Å². The summed E-state index contributed by atoms with van der Waals surface area (Å²) in [6.07, 6.45) is 1.80. The van der Waals surface area contributed by atoms with Crippen molar-refractivity contribution >= 4 is 28.8 Å². The van der Waals surface area contributed by atoms with Crippen molar-refractivity contribution in [2.45, 2.75) is 13.5 Å². The van der Waals surface area contributed by atoms with E-state index in [1.54, 1.807) is 37.6 Å². The van der Waals surface area contributed by atoms with Gasteiger partial charge in [-0.3, -0.25) is 5.43 Å². The summed E-state index contributed by atoms with van der Waals surface area (Å²) >= 11 is 0. The van der Waals surface area contributed by atoms with E-state index < -0.39 is 5.97 Å². The molecule has 0 aliphatic carbocycles. The first-order chi connectivity index (χ1) is 15.1. The van der Waals surface area contributed by atoms with Crippen LogP contribution < -0.4 is 10.2 Å². The number of rotatable bonds is 7. The van der Waals surface area contributed by atoms with Crippen molar-refractivity contribution < 1.29 is 14.6 Å². The number of fused-ring (bicyclic) bond motifs is 1. The van der Waals surface area contributed by atoms with E-state index in [2.05, 4.69) is 40.2 Å². The molecule has 0 spiro atoms. The number of carboxylic acid groups (broad SMARTS) is 1. The molecular formula is C25H23N3O3. The standard InChI is InChI=1S/C25H23N3O3/c1-17-23(15-26-27-20-10-8-19(9-11-20)25(29)30)22-14-21(31-2)12-13-24(22)28(17)16-18-6-4-3-5-7-18/h3-15,27H,16H2,1-2H3,(H,29,30)/b26-15-. The van der Waals surface area contributed by atoms with Crippen LogP contribution in [-0.2, 0) is 6.54 Å². The van der Waals surface area contributed by atoms with Gasteiger partial charge in [0, 0.05) is 28.7 Å². The lowest BCUT2D eigenvalue weighted by atomic mass is 10.1. The van der Waals surface area contributed by atoms with Crippen molar-refractivity contribution in [1.82, 2.24) is 4.57 Å². The number of nitrogens with zero attached hydrogens (tertiary/aromatic N) is 2. The zero-order valence-corrected chi connectivity index (χ0v) is 17.4. The smallest absolute Gasteiger partial charge is 0.335 e. The predicted octanol–water partition coefficient (Wildman–Crippen LogP) is 5.15. The van der Waals surface area contributed by atoms with Crippen molar-refractivity contribution in [3.8, 4) is 5.75 Å².